The number of cyclic esters (lactones) is 1. The molecule has 0 aromatic heterocycles. The highest BCUT2D eigenvalue weighted by molar-refractivity contribution is 5.73. The van der Waals surface area contributed by atoms with Gasteiger partial charge in [0.25, 0.3) is 0 Å². The molecule has 5 heterocycles. The van der Waals surface area contributed by atoms with Gasteiger partial charge in [0, 0.05) is 39.1 Å². The molecular weight excluding hydrogens is 720 g/mol. The summed E-state index contributed by atoms with van der Waals surface area (Å²) in [4.78, 5) is 43.5. The van der Waals surface area contributed by atoms with Gasteiger partial charge in [0.1, 0.15) is 12.2 Å². The molecule has 5 fully saturated rings. The molecule has 0 spiro atoms. The number of methoxy groups -OCH3 is 1. The topological polar surface area (TPSA) is 181 Å². The SMILES string of the molecule is CC[C@H]1OC(=O)[C@H](C)[C@@H](O[C@H]2C[C@@](C)(OC)[C@@H](O)[C@H](C)O2)[C@H](C)[C@@H](O[C@@H]2O[C@H](C)C[C@H]3[C@H]2OC(=O)N3C)[C@](C)(O)C[C@@H](C)CN(C)[C@H](C)[C@H]2OC(=O)O[C@@]21C. The van der Waals surface area contributed by atoms with Gasteiger partial charge in [-0.2, -0.15) is 0 Å². The van der Waals surface area contributed by atoms with Crippen LogP contribution in [0.25, 0.3) is 0 Å². The number of ether oxygens (including phenoxy) is 9. The Hall–Kier alpha value is -2.31. The predicted octanol–water partition coefficient (Wildman–Crippen LogP) is 3.61. The van der Waals surface area contributed by atoms with Crippen LogP contribution in [0.1, 0.15) is 94.9 Å². The normalized spacial score (nSPS) is 49.1. The van der Waals surface area contributed by atoms with E-state index in [9.17, 15) is 24.6 Å². The molecule has 16 heteroatoms. The zero-order valence-electron chi connectivity index (χ0n) is 34.9. The van der Waals surface area contributed by atoms with Crippen molar-refractivity contribution >= 4 is 18.2 Å². The molecule has 0 aliphatic carbocycles. The minimum absolute atomic E-state index is 0.128. The molecular formula is C39H66N2O14. The lowest BCUT2D eigenvalue weighted by molar-refractivity contribution is -0.314. The van der Waals surface area contributed by atoms with E-state index < -0.39 is 102 Å². The number of fused-ring (bicyclic) bond motifs is 2. The first-order valence-electron chi connectivity index (χ1n) is 19.9. The monoisotopic (exact) mass is 786 g/mol. The Labute approximate surface area is 325 Å². The van der Waals surface area contributed by atoms with Crippen molar-refractivity contribution in [1.82, 2.24) is 9.80 Å². The summed E-state index contributed by atoms with van der Waals surface area (Å²) in [6, 6.07) is -0.669. The van der Waals surface area contributed by atoms with Crippen LogP contribution in [0.5, 0.6) is 0 Å². The Morgan fingerprint density at radius 1 is 0.927 bits per heavy atom. The Morgan fingerprint density at radius 2 is 1.60 bits per heavy atom. The summed E-state index contributed by atoms with van der Waals surface area (Å²) in [7, 11) is 5.10. The number of carbonyl (C=O) groups excluding carboxylic acids is 3. The highest BCUT2D eigenvalue weighted by Crippen LogP contribution is 2.42. The molecule has 0 aromatic rings. The second kappa shape index (κ2) is 16.5. The molecule has 1 amide bonds. The number of nitrogens with zero attached hydrogens (tertiary/aromatic N) is 2. The van der Waals surface area contributed by atoms with E-state index in [2.05, 4.69) is 0 Å². The summed E-state index contributed by atoms with van der Waals surface area (Å²) in [5.74, 6) is -2.52. The van der Waals surface area contributed by atoms with Gasteiger partial charge >= 0.3 is 18.2 Å². The number of likely N-dealkylation sites (N-methyl/N-ethyl adjacent to an activating group) is 2. The number of amides is 1. The molecule has 0 unspecified atom stereocenters. The minimum atomic E-state index is -1.57. The summed E-state index contributed by atoms with van der Waals surface area (Å²) in [5.41, 5.74) is -3.91. The molecule has 18 atom stereocenters. The maximum atomic E-state index is 14.5. The van der Waals surface area contributed by atoms with Crippen molar-refractivity contribution in [1.29, 1.82) is 0 Å². The van der Waals surface area contributed by atoms with Crippen LogP contribution in [-0.2, 0) is 47.4 Å². The standard InChI is InChI=1S/C39H66N2O14/c1-14-26-39(10)32(54-36(45)55-39)23(6)40(11)18-19(2)16-37(8,46)31(53-34-29-25(15-20(3)48-34)41(12)35(44)52-29)21(4)28(22(5)33(43)50-26)51-27-17-38(9,47-13)30(42)24(7)49-27/h19-32,34,42,46H,14-18H2,1-13H3/t19-,20-,21+,22-,23-,24+,25+,26-,27+,28+,29-,30+,31-,32-,34+,37-,38-,39-/m1/s1. The third-order valence-corrected chi connectivity index (χ3v) is 13.0. The molecule has 5 saturated heterocycles. The molecule has 2 N–H and O–H groups in total. The van der Waals surface area contributed by atoms with E-state index in [4.69, 9.17) is 42.6 Å². The number of hydrogen-bond acceptors (Lipinski definition) is 15. The van der Waals surface area contributed by atoms with E-state index in [1.165, 1.54) is 7.11 Å². The van der Waals surface area contributed by atoms with E-state index in [1.807, 2.05) is 46.6 Å². The minimum Gasteiger partial charge on any atom is -0.458 e. The summed E-state index contributed by atoms with van der Waals surface area (Å²) in [6.07, 6.45) is -8.52. The second-order valence-corrected chi connectivity index (χ2v) is 17.6. The zero-order chi connectivity index (χ0) is 40.9. The van der Waals surface area contributed by atoms with Gasteiger partial charge in [-0.25, -0.2) is 9.59 Å². The van der Waals surface area contributed by atoms with Gasteiger partial charge in [-0.05, 0) is 80.7 Å². The smallest absolute Gasteiger partial charge is 0.458 e. The fraction of sp³-hybridized carbons (Fsp3) is 0.923. The van der Waals surface area contributed by atoms with Crippen molar-refractivity contribution in [2.24, 2.45) is 17.8 Å². The average molecular weight is 787 g/mol. The van der Waals surface area contributed by atoms with Crippen LogP contribution in [0.3, 0.4) is 0 Å². The van der Waals surface area contributed by atoms with Gasteiger partial charge in [-0.3, -0.25) is 9.69 Å². The predicted molar refractivity (Wildman–Crippen MR) is 196 cm³/mol. The zero-order valence-corrected chi connectivity index (χ0v) is 34.9. The fourth-order valence-electron chi connectivity index (χ4n) is 9.67. The van der Waals surface area contributed by atoms with Crippen molar-refractivity contribution < 1.29 is 67.2 Å². The first kappa shape index (κ1) is 43.8. The lowest BCUT2D eigenvalue weighted by Gasteiger charge is -2.48. The van der Waals surface area contributed by atoms with Crippen molar-refractivity contribution in [3.05, 3.63) is 0 Å². The van der Waals surface area contributed by atoms with Crippen LogP contribution in [-0.4, -0.2) is 156 Å². The molecule has 5 aliphatic heterocycles. The van der Waals surface area contributed by atoms with Crippen LogP contribution in [0.15, 0.2) is 0 Å². The Morgan fingerprint density at radius 3 is 2.24 bits per heavy atom. The summed E-state index contributed by atoms with van der Waals surface area (Å²) >= 11 is 0. The second-order valence-electron chi connectivity index (χ2n) is 17.6. The first-order chi connectivity index (χ1) is 25.6. The number of aliphatic hydroxyl groups excluding tert-OH is 1. The molecule has 55 heavy (non-hydrogen) atoms. The van der Waals surface area contributed by atoms with E-state index in [0.29, 0.717) is 19.4 Å². The molecule has 5 rings (SSSR count). The van der Waals surface area contributed by atoms with Gasteiger partial charge < -0.3 is 57.7 Å². The maximum Gasteiger partial charge on any atom is 0.509 e. The number of carbonyl (C=O) groups is 3. The van der Waals surface area contributed by atoms with E-state index in [-0.39, 0.29) is 36.9 Å². The first-order valence-corrected chi connectivity index (χ1v) is 19.9. The van der Waals surface area contributed by atoms with Crippen molar-refractivity contribution in [2.45, 2.75) is 185 Å². The molecule has 0 radical (unpaired) electrons. The summed E-state index contributed by atoms with van der Waals surface area (Å²) < 4.78 is 55.5. The highest BCUT2D eigenvalue weighted by atomic mass is 16.8. The quantitative estimate of drug-likeness (QED) is 0.294. The van der Waals surface area contributed by atoms with Crippen molar-refractivity contribution in [3.63, 3.8) is 0 Å². The molecule has 316 valence electrons. The maximum absolute atomic E-state index is 14.5. The largest absolute Gasteiger partial charge is 0.509 e. The van der Waals surface area contributed by atoms with Crippen LogP contribution < -0.4 is 0 Å². The average Bonchev–Trinajstić information content (AvgIpc) is 3.58. The highest BCUT2D eigenvalue weighted by Gasteiger charge is 2.59. The van der Waals surface area contributed by atoms with Crippen LogP contribution in [0.4, 0.5) is 9.59 Å². The van der Waals surface area contributed by atoms with Crippen LogP contribution in [0, 0.1) is 17.8 Å². The van der Waals surface area contributed by atoms with E-state index >= 15 is 0 Å². The summed E-state index contributed by atoms with van der Waals surface area (Å²) in [5, 5.41) is 23.6. The molecule has 0 saturated carbocycles. The van der Waals surface area contributed by atoms with E-state index in [0.717, 1.165) is 0 Å². The number of hydrogen-bond donors (Lipinski definition) is 2. The van der Waals surface area contributed by atoms with Gasteiger partial charge in [0.15, 0.2) is 30.4 Å². The van der Waals surface area contributed by atoms with Crippen molar-refractivity contribution in [3.8, 4) is 0 Å². The fourth-order valence-corrected chi connectivity index (χ4v) is 9.67. The Balaban J connectivity index is 1.59. The third kappa shape index (κ3) is 8.62. The van der Waals surface area contributed by atoms with Gasteiger partial charge in [-0.1, -0.05) is 20.8 Å². The molecule has 16 nitrogen and oxygen atoms in total. The van der Waals surface area contributed by atoms with Crippen molar-refractivity contribution in [2.75, 3.05) is 27.7 Å². The summed E-state index contributed by atoms with van der Waals surface area (Å²) in [6.45, 7) is 18.6. The molecule has 5 aliphatic rings. The number of rotatable bonds is 6. The van der Waals surface area contributed by atoms with Gasteiger partial charge in [0.05, 0.1) is 47.6 Å². The Kier molecular flexibility index (Phi) is 13.2. The van der Waals surface area contributed by atoms with Crippen LogP contribution >= 0.6 is 0 Å². The van der Waals surface area contributed by atoms with Gasteiger partial charge in [-0.15, -0.1) is 0 Å². The number of aliphatic hydroxyl groups is 2. The van der Waals surface area contributed by atoms with E-state index in [1.54, 1.807) is 46.6 Å². The third-order valence-electron chi connectivity index (χ3n) is 13.0. The Bertz CT molecular complexity index is 1390. The lowest BCUT2D eigenvalue weighted by atomic mass is 9.77. The molecule has 0 aromatic carbocycles. The lowest BCUT2D eigenvalue weighted by Crippen LogP contribution is -2.60. The molecule has 0 bridgehead atoms. The van der Waals surface area contributed by atoms with Crippen LogP contribution in [0.2, 0.25) is 0 Å². The number of esters is 1. The van der Waals surface area contributed by atoms with Gasteiger partial charge in [0.2, 0.25) is 0 Å².